The van der Waals surface area contributed by atoms with Gasteiger partial charge in [-0.25, -0.2) is 4.79 Å². The second kappa shape index (κ2) is 12.7. The number of rotatable bonds is 4. The molecule has 2 aromatic carbocycles. The summed E-state index contributed by atoms with van der Waals surface area (Å²) >= 11 is 6.35. The van der Waals surface area contributed by atoms with Gasteiger partial charge in [0.2, 0.25) is 11.8 Å². The fourth-order valence-electron chi connectivity index (χ4n) is 5.56. The van der Waals surface area contributed by atoms with Crippen molar-refractivity contribution in [1.29, 1.82) is 0 Å². The van der Waals surface area contributed by atoms with Gasteiger partial charge < -0.3 is 19.7 Å². The number of benzene rings is 2. The first kappa shape index (κ1) is 29.1. The van der Waals surface area contributed by atoms with Gasteiger partial charge in [0.1, 0.15) is 5.75 Å². The number of carbonyl (C=O) groups excluding carboxylic acids is 3. The third kappa shape index (κ3) is 6.11. The molecular weight excluding hydrogens is 556 g/mol. The summed E-state index contributed by atoms with van der Waals surface area (Å²) in [5.41, 5.74) is 5.13. The standard InChI is InChI=1S/C32H33ClN4O5/c1-19-6-4-9-28(37-15-13-21(17-29(37)38)24-7-5-8-25(33)30(24)41-2)27-16-20(12-14-34-27)23-11-10-22(35-32(40)42-3)18-26(23)36-31(19)39/h5,7-8,10-12,14,16-19,28H,4,6,9,13,15H2,1-3H3,(H,35,40)(H,36,39). The molecular formula is C32H33ClN4O5. The number of aromatic nitrogens is 1. The van der Waals surface area contributed by atoms with E-state index in [9.17, 15) is 14.4 Å². The molecule has 2 aliphatic heterocycles. The lowest BCUT2D eigenvalue weighted by Gasteiger charge is -2.34. The number of methoxy groups -OCH3 is 2. The van der Waals surface area contributed by atoms with Gasteiger partial charge in [-0.3, -0.25) is 19.9 Å². The summed E-state index contributed by atoms with van der Waals surface area (Å²) in [7, 11) is 2.86. The smallest absolute Gasteiger partial charge is 0.411 e. The van der Waals surface area contributed by atoms with Gasteiger partial charge in [-0.1, -0.05) is 43.1 Å². The second-order valence-corrected chi connectivity index (χ2v) is 10.9. The minimum Gasteiger partial charge on any atom is -0.495 e. The quantitative estimate of drug-likeness (QED) is 0.351. The van der Waals surface area contributed by atoms with Gasteiger partial charge in [0, 0.05) is 41.5 Å². The van der Waals surface area contributed by atoms with Crippen molar-refractivity contribution in [1.82, 2.24) is 9.88 Å². The zero-order chi connectivity index (χ0) is 29.8. The van der Waals surface area contributed by atoms with E-state index in [0.29, 0.717) is 48.0 Å². The second-order valence-electron chi connectivity index (χ2n) is 10.5. The maximum atomic E-state index is 13.6. The van der Waals surface area contributed by atoms with Crippen molar-refractivity contribution in [2.45, 2.75) is 38.6 Å². The Morgan fingerprint density at radius 3 is 2.69 bits per heavy atom. The Bertz CT molecular complexity index is 1560. The number of hydrogen-bond donors (Lipinski definition) is 2. The molecule has 1 aromatic heterocycles. The predicted octanol–water partition coefficient (Wildman–Crippen LogP) is 6.70. The number of nitrogens with zero attached hydrogens (tertiary/aromatic N) is 2. The summed E-state index contributed by atoms with van der Waals surface area (Å²) in [5, 5.41) is 6.19. The highest BCUT2D eigenvalue weighted by Gasteiger charge is 2.30. The number of halogens is 1. The summed E-state index contributed by atoms with van der Waals surface area (Å²) in [5.74, 6) is 0.0745. The van der Waals surface area contributed by atoms with Gasteiger partial charge in [0.15, 0.2) is 0 Å². The molecule has 0 saturated carbocycles. The van der Waals surface area contributed by atoms with Crippen molar-refractivity contribution < 1.29 is 23.9 Å². The predicted molar refractivity (Wildman–Crippen MR) is 162 cm³/mol. The van der Waals surface area contributed by atoms with Crippen molar-refractivity contribution >= 4 is 46.5 Å². The van der Waals surface area contributed by atoms with Crippen LogP contribution in [0, 0.1) is 5.92 Å². The number of para-hydroxylation sites is 1. The van der Waals surface area contributed by atoms with Crippen LogP contribution in [0.3, 0.4) is 0 Å². The Labute approximate surface area is 249 Å². The van der Waals surface area contributed by atoms with Gasteiger partial charge in [0.25, 0.3) is 0 Å². The summed E-state index contributed by atoms with van der Waals surface area (Å²) < 4.78 is 10.2. The van der Waals surface area contributed by atoms with Gasteiger partial charge in [-0.05, 0) is 60.7 Å². The average molecular weight is 589 g/mol. The molecule has 3 aromatic rings. The fraction of sp³-hybridized carbons (Fsp3) is 0.312. The van der Waals surface area contributed by atoms with Crippen molar-refractivity contribution in [2.75, 3.05) is 31.4 Å². The molecule has 2 aliphatic rings. The lowest BCUT2D eigenvalue weighted by Crippen LogP contribution is -2.38. The van der Waals surface area contributed by atoms with Gasteiger partial charge in [-0.15, -0.1) is 0 Å². The third-order valence-corrected chi connectivity index (χ3v) is 8.10. The van der Waals surface area contributed by atoms with Crippen molar-refractivity contribution in [3.63, 3.8) is 0 Å². The number of amides is 3. The zero-order valence-electron chi connectivity index (χ0n) is 23.8. The molecule has 0 radical (unpaired) electrons. The van der Waals surface area contributed by atoms with Crippen LogP contribution in [0.2, 0.25) is 5.02 Å². The van der Waals surface area contributed by atoms with Crippen molar-refractivity contribution in [2.24, 2.45) is 5.92 Å². The lowest BCUT2D eigenvalue weighted by atomic mass is 9.92. The molecule has 9 nitrogen and oxygen atoms in total. The Kier molecular flexibility index (Phi) is 8.77. The molecule has 2 atom stereocenters. The molecule has 2 N–H and O–H groups in total. The number of fused-ring (bicyclic) bond motifs is 4. The first-order valence-electron chi connectivity index (χ1n) is 13.9. The minimum absolute atomic E-state index is 0.104. The van der Waals surface area contributed by atoms with E-state index in [2.05, 4.69) is 10.6 Å². The van der Waals surface area contributed by atoms with E-state index in [-0.39, 0.29) is 23.8 Å². The molecule has 2 unspecified atom stereocenters. The van der Waals surface area contributed by atoms with Crippen LogP contribution >= 0.6 is 11.6 Å². The summed E-state index contributed by atoms with van der Waals surface area (Å²) in [6.45, 7) is 2.40. The largest absolute Gasteiger partial charge is 0.495 e. The van der Waals surface area contributed by atoms with Crippen molar-refractivity contribution in [3.05, 3.63) is 77.1 Å². The van der Waals surface area contributed by atoms with E-state index in [1.165, 1.54) is 7.11 Å². The van der Waals surface area contributed by atoms with Crippen LogP contribution in [0.15, 0.2) is 60.8 Å². The van der Waals surface area contributed by atoms with Crippen LogP contribution in [-0.2, 0) is 14.3 Å². The summed E-state index contributed by atoms with van der Waals surface area (Å²) in [4.78, 5) is 45.2. The normalized spacial score (nSPS) is 19.0. The van der Waals surface area contributed by atoms with Crippen LogP contribution in [0.25, 0.3) is 16.7 Å². The van der Waals surface area contributed by atoms with E-state index in [1.54, 1.807) is 37.6 Å². The van der Waals surface area contributed by atoms with Crippen LogP contribution in [0.1, 0.15) is 49.9 Å². The number of hydrogen-bond acceptors (Lipinski definition) is 6. The van der Waals surface area contributed by atoms with Gasteiger partial charge in [0.05, 0.1) is 36.7 Å². The molecule has 5 rings (SSSR count). The topological polar surface area (TPSA) is 110 Å². The van der Waals surface area contributed by atoms with E-state index >= 15 is 0 Å². The van der Waals surface area contributed by atoms with Crippen LogP contribution in [0.5, 0.6) is 5.75 Å². The first-order chi connectivity index (χ1) is 20.3. The Morgan fingerprint density at radius 2 is 1.93 bits per heavy atom. The lowest BCUT2D eigenvalue weighted by molar-refractivity contribution is -0.129. The molecule has 0 saturated heterocycles. The molecule has 218 valence electrons. The zero-order valence-corrected chi connectivity index (χ0v) is 24.5. The average Bonchev–Trinajstić information content (AvgIpc) is 2.99. The highest BCUT2D eigenvalue weighted by atomic mass is 35.5. The Balaban J connectivity index is 1.51. The maximum absolute atomic E-state index is 13.6. The number of carbonyl (C=O) groups is 3. The monoisotopic (exact) mass is 588 g/mol. The summed E-state index contributed by atoms with van der Waals surface area (Å²) in [6, 6.07) is 14.4. The molecule has 0 fully saturated rings. The SMILES string of the molecule is COC(=O)Nc1ccc2c(c1)NC(=O)C(C)CCCC(N1CCC(c3cccc(Cl)c3OC)=CC1=O)c1cc-2ccn1. The highest BCUT2D eigenvalue weighted by Crippen LogP contribution is 2.39. The van der Waals surface area contributed by atoms with E-state index in [4.69, 9.17) is 26.1 Å². The third-order valence-electron chi connectivity index (χ3n) is 7.80. The number of ether oxygens (including phenoxy) is 2. The van der Waals surface area contributed by atoms with Crippen LogP contribution in [-0.4, -0.2) is 48.6 Å². The first-order valence-corrected chi connectivity index (χ1v) is 14.3. The van der Waals surface area contributed by atoms with Crippen LogP contribution < -0.4 is 15.4 Å². The molecule has 0 aliphatic carbocycles. The van der Waals surface area contributed by atoms with Gasteiger partial charge in [-0.2, -0.15) is 0 Å². The molecule has 2 bridgehead atoms. The Hall–Kier alpha value is -4.37. The van der Waals surface area contributed by atoms with Crippen molar-refractivity contribution in [3.8, 4) is 16.9 Å². The maximum Gasteiger partial charge on any atom is 0.411 e. The molecule has 42 heavy (non-hydrogen) atoms. The van der Waals surface area contributed by atoms with E-state index in [0.717, 1.165) is 34.4 Å². The van der Waals surface area contributed by atoms with Gasteiger partial charge >= 0.3 is 6.09 Å². The summed E-state index contributed by atoms with van der Waals surface area (Å²) in [6.07, 6.45) is 5.46. The fourth-order valence-corrected chi connectivity index (χ4v) is 5.81. The number of pyridine rings is 1. The molecule has 10 heteroatoms. The van der Waals surface area contributed by atoms with E-state index < -0.39 is 6.09 Å². The number of nitrogens with one attached hydrogen (secondary N) is 2. The van der Waals surface area contributed by atoms with Crippen LogP contribution in [0.4, 0.5) is 16.2 Å². The minimum atomic E-state index is -0.603. The number of anilines is 2. The van der Waals surface area contributed by atoms with E-state index in [1.807, 2.05) is 42.2 Å². The molecule has 3 heterocycles. The molecule has 3 amide bonds. The molecule has 0 spiro atoms. The Morgan fingerprint density at radius 1 is 1.10 bits per heavy atom. The highest BCUT2D eigenvalue weighted by molar-refractivity contribution is 6.32.